The maximum absolute atomic E-state index is 12.9. The Morgan fingerprint density at radius 3 is 2.58 bits per heavy atom. The molecule has 1 fully saturated rings. The van der Waals surface area contributed by atoms with Gasteiger partial charge in [-0.3, -0.25) is 4.79 Å². The lowest BCUT2D eigenvalue weighted by Gasteiger charge is -2.21. The van der Waals surface area contributed by atoms with Gasteiger partial charge in [0.05, 0.1) is 12.7 Å². The number of carbonyl (C=O) groups is 1. The predicted octanol–water partition coefficient (Wildman–Crippen LogP) is 1.88. The first-order valence-electron chi connectivity index (χ1n) is 8.02. The number of hydrogen-bond acceptors (Lipinski definition) is 5. The summed E-state index contributed by atoms with van der Waals surface area (Å²) >= 11 is 6.07. The molecule has 3 N–H and O–H groups in total. The highest BCUT2D eigenvalue weighted by molar-refractivity contribution is 7.89. The van der Waals surface area contributed by atoms with Crippen LogP contribution in [0.3, 0.4) is 0 Å². The summed E-state index contributed by atoms with van der Waals surface area (Å²) in [6, 6.07) is 2.47. The van der Waals surface area contributed by atoms with Crippen LogP contribution in [0.5, 0.6) is 5.75 Å². The Morgan fingerprint density at radius 2 is 2.04 bits per heavy atom. The van der Waals surface area contributed by atoms with Crippen LogP contribution in [0.25, 0.3) is 0 Å². The molecule has 0 heterocycles. The highest BCUT2D eigenvalue weighted by Gasteiger charge is 2.33. The van der Waals surface area contributed by atoms with Crippen LogP contribution in [-0.2, 0) is 10.0 Å². The van der Waals surface area contributed by atoms with Gasteiger partial charge in [0.2, 0.25) is 10.0 Å². The van der Waals surface area contributed by atoms with Crippen LogP contribution in [0.2, 0.25) is 5.02 Å². The van der Waals surface area contributed by atoms with Crippen LogP contribution in [-0.4, -0.2) is 53.0 Å². The van der Waals surface area contributed by atoms with Crippen LogP contribution in [0.15, 0.2) is 17.0 Å². The molecule has 2 atom stereocenters. The van der Waals surface area contributed by atoms with Crippen molar-refractivity contribution < 1.29 is 17.9 Å². The van der Waals surface area contributed by atoms with E-state index >= 15 is 0 Å². The minimum atomic E-state index is -3.92. The van der Waals surface area contributed by atoms with Gasteiger partial charge in [-0.15, -0.1) is 12.4 Å². The first-order chi connectivity index (χ1) is 11.7. The number of nitrogens with two attached hydrogens (primary N) is 1. The second kappa shape index (κ2) is 9.23. The van der Waals surface area contributed by atoms with Crippen molar-refractivity contribution in [3.63, 3.8) is 0 Å². The van der Waals surface area contributed by atoms with Gasteiger partial charge in [-0.2, -0.15) is 0 Å². The molecule has 0 saturated heterocycles. The van der Waals surface area contributed by atoms with Crippen molar-refractivity contribution in [3.8, 4) is 5.75 Å². The maximum atomic E-state index is 12.9. The molecule has 1 amide bonds. The Labute approximate surface area is 165 Å². The van der Waals surface area contributed by atoms with Gasteiger partial charge in [-0.05, 0) is 37.4 Å². The maximum Gasteiger partial charge on any atom is 0.257 e. The van der Waals surface area contributed by atoms with Crippen LogP contribution in [0, 0.1) is 5.92 Å². The van der Waals surface area contributed by atoms with Gasteiger partial charge in [0.1, 0.15) is 4.90 Å². The van der Waals surface area contributed by atoms with Crippen molar-refractivity contribution in [1.29, 1.82) is 0 Å². The SMILES string of the molecule is COc1c(C(=O)N(C)C)cc(Cl)cc1S(=O)(=O)NC1CCCC1CN.Cl. The Kier molecular flexibility index (Phi) is 8.16. The number of rotatable bonds is 6. The van der Waals surface area contributed by atoms with E-state index in [2.05, 4.69) is 4.72 Å². The number of nitrogens with zero attached hydrogens (tertiary/aromatic N) is 1. The lowest BCUT2D eigenvalue weighted by atomic mass is 10.1. The van der Waals surface area contributed by atoms with Gasteiger partial charge >= 0.3 is 0 Å². The van der Waals surface area contributed by atoms with Crippen molar-refractivity contribution in [2.24, 2.45) is 11.7 Å². The summed E-state index contributed by atoms with van der Waals surface area (Å²) in [5, 5.41) is 0.146. The zero-order valence-corrected chi connectivity index (χ0v) is 17.4. The predicted molar refractivity (Wildman–Crippen MR) is 104 cm³/mol. The number of nitrogens with one attached hydrogen (secondary N) is 1. The highest BCUT2D eigenvalue weighted by Crippen LogP contribution is 2.34. The molecule has 0 aromatic heterocycles. The number of halogens is 2. The summed E-state index contributed by atoms with van der Waals surface area (Å²) in [5.74, 6) is -0.308. The van der Waals surface area contributed by atoms with Crippen molar-refractivity contribution in [1.82, 2.24) is 9.62 Å². The lowest BCUT2D eigenvalue weighted by Crippen LogP contribution is -2.40. The molecule has 148 valence electrons. The fraction of sp³-hybridized carbons (Fsp3) is 0.562. The number of carbonyl (C=O) groups excluding carboxylic acids is 1. The molecule has 2 unspecified atom stereocenters. The van der Waals surface area contributed by atoms with E-state index in [1.54, 1.807) is 14.1 Å². The Balaban J connectivity index is 0.00000338. The summed E-state index contributed by atoms with van der Waals surface area (Å²) in [5.41, 5.74) is 5.83. The van der Waals surface area contributed by atoms with Crippen molar-refractivity contribution in [3.05, 3.63) is 22.7 Å². The fourth-order valence-electron chi connectivity index (χ4n) is 3.12. The molecular weight excluding hydrogens is 401 g/mol. The van der Waals surface area contributed by atoms with E-state index < -0.39 is 15.9 Å². The van der Waals surface area contributed by atoms with Crippen LogP contribution < -0.4 is 15.2 Å². The minimum Gasteiger partial charge on any atom is -0.494 e. The van der Waals surface area contributed by atoms with Gasteiger partial charge in [-0.25, -0.2) is 13.1 Å². The molecule has 0 radical (unpaired) electrons. The number of benzene rings is 1. The first kappa shape index (κ1) is 23.0. The third-order valence-electron chi connectivity index (χ3n) is 4.42. The van der Waals surface area contributed by atoms with Crippen LogP contribution >= 0.6 is 24.0 Å². The summed E-state index contributed by atoms with van der Waals surface area (Å²) in [4.78, 5) is 13.5. The van der Waals surface area contributed by atoms with Crippen LogP contribution in [0.4, 0.5) is 0 Å². The van der Waals surface area contributed by atoms with Crippen LogP contribution in [0.1, 0.15) is 29.6 Å². The molecule has 1 saturated carbocycles. The Hall–Kier alpha value is -1.06. The average molecular weight is 426 g/mol. The first-order valence-corrected chi connectivity index (χ1v) is 9.89. The number of amides is 1. The minimum absolute atomic E-state index is 0. The number of sulfonamides is 1. The standard InChI is InChI=1S/C16H24ClN3O4S.ClH/c1-20(2)16(21)12-7-11(17)8-14(15(12)24-3)25(22,23)19-13-6-4-5-10(13)9-18;/h7-8,10,13,19H,4-6,9,18H2,1-3H3;1H. The molecule has 1 aromatic rings. The monoisotopic (exact) mass is 425 g/mol. The van der Waals surface area contributed by atoms with E-state index in [1.165, 1.54) is 24.1 Å². The molecule has 0 aliphatic heterocycles. The quantitative estimate of drug-likeness (QED) is 0.723. The molecule has 26 heavy (non-hydrogen) atoms. The smallest absolute Gasteiger partial charge is 0.257 e. The van der Waals surface area contributed by atoms with E-state index in [1.807, 2.05) is 0 Å². The summed E-state index contributed by atoms with van der Waals surface area (Å²) in [6.07, 6.45) is 2.54. The summed E-state index contributed by atoms with van der Waals surface area (Å²) in [7, 11) is 0.545. The lowest BCUT2D eigenvalue weighted by molar-refractivity contribution is 0.0824. The topological polar surface area (TPSA) is 102 Å². The third-order valence-corrected chi connectivity index (χ3v) is 6.13. The summed E-state index contributed by atoms with van der Waals surface area (Å²) < 4.78 is 33.8. The van der Waals surface area contributed by atoms with Gasteiger partial charge in [0, 0.05) is 25.2 Å². The second-order valence-corrected chi connectivity index (χ2v) is 8.46. The molecule has 7 nitrogen and oxygen atoms in total. The van der Waals surface area contributed by atoms with E-state index in [-0.39, 0.29) is 45.6 Å². The van der Waals surface area contributed by atoms with Gasteiger partial charge in [-0.1, -0.05) is 18.0 Å². The normalized spacial score (nSPS) is 19.7. The molecule has 0 spiro atoms. The van der Waals surface area contributed by atoms with E-state index in [4.69, 9.17) is 22.1 Å². The van der Waals surface area contributed by atoms with Crippen molar-refractivity contribution in [2.45, 2.75) is 30.2 Å². The highest BCUT2D eigenvalue weighted by atomic mass is 35.5. The second-order valence-electron chi connectivity index (χ2n) is 6.34. The summed E-state index contributed by atoms with van der Waals surface area (Å²) in [6.45, 7) is 0.421. The third kappa shape index (κ3) is 4.80. The molecule has 2 rings (SSSR count). The molecule has 0 bridgehead atoms. The zero-order chi connectivity index (χ0) is 18.8. The molecular formula is C16H25Cl2N3O4S. The average Bonchev–Trinajstić information content (AvgIpc) is 2.99. The zero-order valence-electron chi connectivity index (χ0n) is 15.0. The number of ether oxygens (including phenoxy) is 1. The molecule has 10 heteroatoms. The van der Waals surface area contributed by atoms with Crippen molar-refractivity contribution >= 4 is 39.9 Å². The van der Waals surface area contributed by atoms with Gasteiger partial charge in [0.25, 0.3) is 5.91 Å². The van der Waals surface area contributed by atoms with Gasteiger partial charge in [0.15, 0.2) is 5.75 Å². The molecule has 1 aliphatic carbocycles. The van der Waals surface area contributed by atoms with Crippen molar-refractivity contribution in [2.75, 3.05) is 27.7 Å². The number of methoxy groups -OCH3 is 1. The van der Waals surface area contributed by atoms with Gasteiger partial charge < -0.3 is 15.4 Å². The number of hydrogen-bond donors (Lipinski definition) is 2. The molecule has 1 aromatic carbocycles. The van der Waals surface area contributed by atoms with E-state index in [0.29, 0.717) is 6.54 Å². The largest absolute Gasteiger partial charge is 0.494 e. The Bertz CT molecular complexity index is 756. The fourth-order valence-corrected chi connectivity index (χ4v) is 4.95. The van der Waals surface area contributed by atoms with E-state index in [0.717, 1.165) is 19.3 Å². The Morgan fingerprint density at radius 1 is 1.38 bits per heavy atom. The van der Waals surface area contributed by atoms with E-state index in [9.17, 15) is 13.2 Å². The molecule has 1 aliphatic rings.